The number of hydrogen-bond acceptors (Lipinski definition) is 6. The zero-order valence-electron chi connectivity index (χ0n) is 13.7. The van der Waals surface area contributed by atoms with Crippen LogP contribution < -0.4 is 0 Å². The molecule has 8 nitrogen and oxygen atoms in total. The highest BCUT2D eigenvalue weighted by atomic mass is 32.2. The third kappa shape index (κ3) is 4.01. The van der Waals surface area contributed by atoms with E-state index in [9.17, 15) is 17.6 Å². The maximum absolute atomic E-state index is 13.3. The molecule has 25 heavy (non-hydrogen) atoms. The number of carbonyl (C=O) groups is 1. The van der Waals surface area contributed by atoms with Crippen molar-refractivity contribution in [1.82, 2.24) is 25.1 Å². The summed E-state index contributed by atoms with van der Waals surface area (Å²) in [4.78, 5) is 15.2. The molecule has 3 rings (SSSR count). The van der Waals surface area contributed by atoms with Gasteiger partial charge >= 0.3 is 0 Å². The molecule has 1 atom stereocenters. The van der Waals surface area contributed by atoms with Gasteiger partial charge in [-0.15, -0.1) is 10.2 Å². The highest BCUT2D eigenvalue weighted by Crippen LogP contribution is 2.18. The van der Waals surface area contributed by atoms with E-state index < -0.39 is 15.7 Å². The molecule has 0 spiro atoms. The molecule has 1 aromatic heterocycles. The van der Waals surface area contributed by atoms with Crippen LogP contribution in [-0.2, 0) is 21.2 Å². The number of amides is 1. The maximum atomic E-state index is 13.3. The highest BCUT2D eigenvalue weighted by molar-refractivity contribution is 7.91. The van der Waals surface area contributed by atoms with Crippen molar-refractivity contribution >= 4 is 15.7 Å². The van der Waals surface area contributed by atoms with E-state index in [1.807, 2.05) is 0 Å². The summed E-state index contributed by atoms with van der Waals surface area (Å²) in [5, 5.41) is 11.8. The molecule has 10 heteroatoms. The lowest BCUT2D eigenvalue weighted by molar-refractivity contribution is -0.133. The first-order valence-electron chi connectivity index (χ1n) is 7.91. The van der Waals surface area contributed by atoms with E-state index in [0.717, 1.165) is 4.80 Å². The van der Waals surface area contributed by atoms with Gasteiger partial charge in [-0.25, -0.2) is 12.8 Å². The molecule has 1 aliphatic rings. The Kier molecular flexibility index (Phi) is 4.80. The van der Waals surface area contributed by atoms with Gasteiger partial charge in [0.2, 0.25) is 11.7 Å². The van der Waals surface area contributed by atoms with Crippen molar-refractivity contribution in [3.63, 3.8) is 0 Å². The number of sulfone groups is 1. The van der Waals surface area contributed by atoms with Crippen molar-refractivity contribution in [3.8, 4) is 11.4 Å². The van der Waals surface area contributed by atoms with Gasteiger partial charge in [0.05, 0.1) is 11.5 Å². The number of likely N-dealkylation sites (N-methyl/N-ethyl adjacent to an activating group) is 1. The van der Waals surface area contributed by atoms with Crippen molar-refractivity contribution < 1.29 is 17.6 Å². The normalized spacial score (nSPS) is 19.0. The Hall–Kier alpha value is -2.36. The summed E-state index contributed by atoms with van der Waals surface area (Å²) in [6.07, 6.45) is 0.446. The number of hydrogen-bond donors (Lipinski definition) is 0. The second-order valence-corrected chi connectivity index (χ2v) is 8.12. The predicted octanol–water partition coefficient (Wildman–Crippen LogP) is 0.515. The first kappa shape index (κ1) is 17.5. The molecule has 0 unspecified atom stereocenters. The van der Waals surface area contributed by atoms with E-state index in [4.69, 9.17) is 0 Å². The van der Waals surface area contributed by atoms with Crippen LogP contribution in [0.15, 0.2) is 24.3 Å². The van der Waals surface area contributed by atoms with E-state index in [-0.39, 0.29) is 35.8 Å². The Bertz CT molecular complexity index is 883. The average molecular weight is 367 g/mol. The predicted molar refractivity (Wildman–Crippen MR) is 87.7 cm³/mol. The lowest BCUT2D eigenvalue weighted by atomic mass is 10.2. The quantitative estimate of drug-likeness (QED) is 0.764. The van der Waals surface area contributed by atoms with Gasteiger partial charge in [0, 0.05) is 18.2 Å². The van der Waals surface area contributed by atoms with Crippen LogP contribution >= 0.6 is 0 Å². The molecule has 1 amide bonds. The molecule has 0 bridgehead atoms. The molecule has 2 heterocycles. The van der Waals surface area contributed by atoms with Crippen LogP contribution in [0.4, 0.5) is 4.39 Å². The summed E-state index contributed by atoms with van der Waals surface area (Å²) in [5.41, 5.74) is 0.466. The van der Waals surface area contributed by atoms with E-state index in [2.05, 4.69) is 15.4 Å². The fourth-order valence-corrected chi connectivity index (χ4v) is 4.66. The van der Waals surface area contributed by atoms with Crippen LogP contribution in [0.2, 0.25) is 0 Å². The maximum Gasteiger partial charge on any atom is 0.246 e. The van der Waals surface area contributed by atoms with Crippen molar-refractivity contribution in [2.45, 2.75) is 25.9 Å². The summed E-state index contributed by atoms with van der Waals surface area (Å²) in [5.74, 6) is -0.366. The summed E-state index contributed by atoms with van der Waals surface area (Å²) in [6, 6.07) is 5.47. The number of aromatic nitrogens is 4. The van der Waals surface area contributed by atoms with E-state index in [0.29, 0.717) is 18.5 Å². The van der Waals surface area contributed by atoms with Gasteiger partial charge in [0.1, 0.15) is 12.4 Å². The Balaban J connectivity index is 1.70. The molecule has 0 aliphatic carbocycles. The molecule has 1 aliphatic heterocycles. The fraction of sp³-hybridized carbons (Fsp3) is 0.467. The summed E-state index contributed by atoms with van der Waals surface area (Å²) >= 11 is 0. The lowest BCUT2D eigenvalue weighted by Crippen LogP contribution is -2.42. The Labute approximate surface area is 144 Å². The minimum absolute atomic E-state index is 0.00803. The fourth-order valence-electron chi connectivity index (χ4n) is 2.92. The monoisotopic (exact) mass is 367 g/mol. The zero-order valence-corrected chi connectivity index (χ0v) is 14.5. The zero-order chi connectivity index (χ0) is 18.0. The Morgan fingerprint density at radius 1 is 1.44 bits per heavy atom. The van der Waals surface area contributed by atoms with Gasteiger partial charge < -0.3 is 4.90 Å². The van der Waals surface area contributed by atoms with Crippen molar-refractivity contribution in [2.75, 3.05) is 18.1 Å². The van der Waals surface area contributed by atoms with Gasteiger partial charge in [-0.1, -0.05) is 12.1 Å². The summed E-state index contributed by atoms with van der Waals surface area (Å²) < 4.78 is 36.5. The topological polar surface area (TPSA) is 98.1 Å². The van der Waals surface area contributed by atoms with E-state index in [1.54, 1.807) is 13.0 Å². The first-order valence-corrected chi connectivity index (χ1v) is 9.74. The Morgan fingerprint density at radius 3 is 2.88 bits per heavy atom. The number of tetrazole rings is 1. The molecule has 134 valence electrons. The summed E-state index contributed by atoms with van der Waals surface area (Å²) in [6.45, 7) is 2.06. The molecule has 2 aromatic rings. The lowest BCUT2D eigenvalue weighted by Gasteiger charge is -2.26. The molecule has 0 radical (unpaired) electrons. The van der Waals surface area contributed by atoms with Gasteiger partial charge in [-0.05, 0) is 30.7 Å². The van der Waals surface area contributed by atoms with Crippen LogP contribution in [-0.4, -0.2) is 63.5 Å². The third-order valence-electron chi connectivity index (χ3n) is 4.12. The number of benzene rings is 1. The summed E-state index contributed by atoms with van der Waals surface area (Å²) in [7, 11) is -3.07. The molecule has 1 saturated heterocycles. The molecule has 0 saturated carbocycles. The highest BCUT2D eigenvalue weighted by Gasteiger charge is 2.34. The molecule has 1 aromatic carbocycles. The van der Waals surface area contributed by atoms with E-state index >= 15 is 0 Å². The largest absolute Gasteiger partial charge is 0.337 e. The van der Waals surface area contributed by atoms with Crippen LogP contribution in [0.1, 0.15) is 13.3 Å². The van der Waals surface area contributed by atoms with Crippen LogP contribution in [0.5, 0.6) is 0 Å². The molecule has 1 fully saturated rings. The second kappa shape index (κ2) is 6.87. The Morgan fingerprint density at radius 2 is 2.24 bits per heavy atom. The first-order chi connectivity index (χ1) is 11.9. The SMILES string of the molecule is CCN(C(=O)Cn1nnc(-c2cccc(F)c2)n1)[C@@H]1CCS(=O)(=O)C1. The minimum atomic E-state index is -3.07. The minimum Gasteiger partial charge on any atom is -0.337 e. The van der Waals surface area contributed by atoms with Crippen LogP contribution in [0, 0.1) is 5.82 Å². The smallest absolute Gasteiger partial charge is 0.246 e. The van der Waals surface area contributed by atoms with Gasteiger partial charge in [0.25, 0.3) is 0 Å². The van der Waals surface area contributed by atoms with Gasteiger partial charge in [-0.3, -0.25) is 4.79 Å². The second-order valence-electron chi connectivity index (χ2n) is 5.89. The number of rotatable bonds is 5. The molecular formula is C15H18FN5O3S. The average Bonchev–Trinajstić information content (AvgIpc) is 3.15. The van der Waals surface area contributed by atoms with Crippen molar-refractivity contribution in [2.24, 2.45) is 0 Å². The standard InChI is InChI=1S/C15H18FN5O3S/c1-2-20(13-6-7-25(23,24)10-13)14(22)9-21-18-15(17-19-21)11-4-3-5-12(16)8-11/h3-5,8,13H,2,6-7,9-10H2,1H3/t13-/m1/s1. The van der Waals surface area contributed by atoms with E-state index in [1.165, 1.54) is 23.1 Å². The number of carbonyl (C=O) groups excluding carboxylic acids is 1. The molecular weight excluding hydrogens is 349 g/mol. The van der Waals surface area contributed by atoms with Crippen molar-refractivity contribution in [3.05, 3.63) is 30.1 Å². The van der Waals surface area contributed by atoms with Gasteiger partial charge in [0.15, 0.2) is 9.84 Å². The number of nitrogens with zero attached hydrogens (tertiary/aromatic N) is 5. The van der Waals surface area contributed by atoms with Crippen LogP contribution in [0.25, 0.3) is 11.4 Å². The van der Waals surface area contributed by atoms with Crippen LogP contribution in [0.3, 0.4) is 0 Å². The number of halogens is 1. The third-order valence-corrected chi connectivity index (χ3v) is 5.87. The van der Waals surface area contributed by atoms with Gasteiger partial charge in [-0.2, -0.15) is 4.80 Å². The van der Waals surface area contributed by atoms with Crippen molar-refractivity contribution in [1.29, 1.82) is 0 Å². The molecule has 0 N–H and O–H groups in total.